The topological polar surface area (TPSA) is 64.6 Å². The molecule has 3 N–H and O–H groups in total. The van der Waals surface area contributed by atoms with Crippen molar-refractivity contribution in [1.82, 2.24) is 15.5 Å². The molecule has 0 bridgehead atoms. The zero-order chi connectivity index (χ0) is 21.3. The molecule has 1 fully saturated rings. The molecule has 2 aliphatic heterocycles. The number of aromatic hydroxyl groups is 1. The molecular formula is C23H25ClFN3O2. The molecule has 2 aliphatic rings. The van der Waals surface area contributed by atoms with Crippen LogP contribution in [0.3, 0.4) is 0 Å². The normalized spacial score (nSPS) is 22.1. The number of piperidine rings is 1. The van der Waals surface area contributed by atoms with Gasteiger partial charge in [-0.25, -0.2) is 9.18 Å². The molecule has 2 heterocycles. The number of urea groups is 1. The summed E-state index contributed by atoms with van der Waals surface area (Å²) in [5, 5.41) is 16.9. The summed E-state index contributed by atoms with van der Waals surface area (Å²) >= 11 is 6.11. The number of benzene rings is 2. The van der Waals surface area contributed by atoms with Crippen molar-refractivity contribution in [3.63, 3.8) is 0 Å². The molecule has 1 unspecified atom stereocenters. The number of nitrogens with one attached hydrogen (secondary N) is 2. The van der Waals surface area contributed by atoms with Crippen molar-refractivity contribution in [2.45, 2.75) is 31.3 Å². The number of phenols is 1. The van der Waals surface area contributed by atoms with Crippen LogP contribution >= 0.6 is 11.6 Å². The number of carbonyl (C=O) groups is 1. The van der Waals surface area contributed by atoms with Crippen LogP contribution in [0, 0.1) is 5.82 Å². The van der Waals surface area contributed by atoms with E-state index >= 15 is 0 Å². The minimum atomic E-state index is -0.847. The third-order valence-corrected chi connectivity index (χ3v) is 6.20. The maximum absolute atomic E-state index is 14.6. The molecule has 0 aliphatic carbocycles. The average molecular weight is 430 g/mol. The highest BCUT2D eigenvalue weighted by atomic mass is 35.5. The van der Waals surface area contributed by atoms with E-state index in [1.54, 1.807) is 29.2 Å². The summed E-state index contributed by atoms with van der Waals surface area (Å²) in [5.41, 5.74) is 0.965. The Morgan fingerprint density at radius 2 is 2.03 bits per heavy atom. The first-order chi connectivity index (χ1) is 14.4. The molecule has 4 rings (SSSR count). The SMILES string of the molecule is CC1(c2cccc(O)c2)C=C(c2cc(Cl)ccc2F)CN1C(=O)NC1CCNCC1. The molecule has 0 saturated carbocycles. The molecule has 158 valence electrons. The fraction of sp³-hybridized carbons (Fsp3) is 0.348. The minimum Gasteiger partial charge on any atom is -0.508 e. The van der Waals surface area contributed by atoms with Crippen molar-refractivity contribution in [1.29, 1.82) is 0 Å². The van der Waals surface area contributed by atoms with Gasteiger partial charge in [-0.2, -0.15) is 0 Å². The molecule has 1 saturated heterocycles. The van der Waals surface area contributed by atoms with Gasteiger partial charge >= 0.3 is 6.03 Å². The second kappa shape index (κ2) is 8.28. The second-order valence-corrected chi connectivity index (χ2v) is 8.49. The Labute approximate surface area is 180 Å². The molecule has 7 heteroatoms. The summed E-state index contributed by atoms with van der Waals surface area (Å²) in [6.07, 6.45) is 3.62. The Morgan fingerprint density at radius 3 is 2.77 bits per heavy atom. The summed E-state index contributed by atoms with van der Waals surface area (Å²) in [5.74, 6) is -0.271. The lowest BCUT2D eigenvalue weighted by atomic mass is 9.90. The first-order valence-electron chi connectivity index (χ1n) is 10.1. The fourth-order valence-corrected chi connectivity index (χ4v) is 4.44. The van der Waals surface area contributed by atoms with E-state index in [9.17, 15) is 14.3 Å². The Bertz CT molecular complexity index is 990. The lowest BCUT2D eigenvalue weighted by Gasteiger charge is -2.37. The van der Waals surface area contributed by atoms with Gasteiger partial charge in [0.15, 0.2) is 0 Å². The van der Waals surface area contributed by atoms with Crippen LogP contribution in [-0.2, 0) is 5.54 Å². The summed E-state index contributed by atoms with van der Waals surface area (Å²) in [6.45, 7) is 3.87. The lowest BCUT2D eigenvalue weighted by molar-refractivity contribution is 0.162. The monoisotopic (exact) mass is 429 g/mol. The maximum atomic E-state index is 14.6. The summed E-state index contributed by atoms with van der Waals surface area (Å²) in [6, 6.07) is 11.1. The summed E-state index contributed by atoms with van der Waals surface area (Å²) in [4.78, 5) is 15.0. The Morgan fingerprint density at radius 1 is 1.27 bits per heavy atom. The smallest absolute Gasteiger partial charge is 0.318 e. The second-order valence-electron chi connectivity index (χ2n) is 8.05. The minimum absolute atomic E-state index is 0.0964. The van der Waals surface area contributed by atoms with Crippen molar-refractivity contribution >= 4 is 23.2 Å². The van der Waals surface area contributed by atoms with E-state index in [1.807, 2.05) is 19.1 Å². The van der Waals surface area contributed by atoms with Crippen LogP contribution in [-0.4, -0.2) is 41.7 Å². The first kappa shape index (κ1) is 20.7. The number of hydrogen-bond acceptors (Lipinski definition) is 3. The third kappa shape index (κ3) is 4.02. The van der Waals surface area contributed by atoms with E-state index in [4.69, 9.17) is 11.6 Å². The molecule has 2 amide bonds. The molecule has 2 aromatic rings. The van der Waals surface area contributed by atoms with Gasteiger partial charge in [-0.05, 0) is 80.4 Å². The van der Waals surface area contributed by atoms with Gasteiger partial charge in [-0.1, -0.05) is 23.7 Å². The number of halogens is 2. The van der Waals surface area contributed by atoms with Gasteiger partial charge < -0.3 is 20.6 Å². The molecule has 0 aromatic heterocycles. The van der Waals surface area contributed by atoms with E-state index in [-0.39, 0.29) is 30.2 Å². The highest BCUT2D eigenvalue weighted by Crippen LogP contribution is 2.41. The average Bonchev–Trinajstić information content (AvgIpc) is 3.09. The molecule has 0 radical (unpaired) electrons. The number of phenolic OH excluding ortho intramolecular Hbond substituents is 1. The van der Waals surface area contributed by atoms with Crippen molar-refractivity contribution in [2.75, 3.05) is 19.6 Å². The predicted molar refractivity (Wildman–Crippen MR) is 116 cm³/mol. The third-order valence-electron chi connectivity index (χ3n) is 5.96. The first-order valence-corrected chi connectivity index (χ1v) is 10.5. The van der Waals surface area contributed by atoms with Crippen LogP contribution in [0.15, 0.2) is 48.5 Å². The Hall–Kier alpha value is -2.57. The molecule has 2 aromatic carbocycles. The zero-order valence-corrected chi connectivity index (χ0v) is 17.5. The Balaban J connectivity index is 1.71. The largest absolute Gasteiger partial charge is 0.508 e. The van der Waals surface area contributed by atoms with Crippen LogP contribution in [0.25, 0.3) is 5.57 Å². The van der Waals surface area contributed by atoms with Gasteiger partial charge in [0.25, 0.3) is 0 Å². The molecule has 0 spiro atoms. The molecular weight excluding hydrogens is 405 g/mol. The molecule has 30 heavy (non-hydrogen) atoms. The van der Waals surface area contributed by atoms with E-state index < -0.39 is 5.54 Å². The van der Waals surface area contributed by atoms with Crippen molar-refractivity contribution in [3.05, 3.63) is 70.5 Å². The lowest BCUT2D eigenvalue weighted by Crippen LogP contribution is -2.52. The van der Waals surface area contributed by atoms with Crippen molar-refractivity contribution in [3.8, 4) is 5.75 Å². The zero-order valence-electron chi connectivity index (χ0n) is 16.8. The van der Waals surface area contributed by atoms with Crippen LogP contribution < -0.4 is 10.6 Å². The summed E-state index contributed by atoms with van der Waals surface area (Å²) in [7, 11) is 0. The summed E-state index contributed by atoms with van der Waals surface area (Å²) < 4.78 is 14.6. The Kier molecular flexibility index (Phi) is 5.71. The van der Waals surface area contributed by atoms with Gasteiger partial charge in [-0.3, -0.25) is 0 Å². The van der Waals surface area contributed by atoms with Crippen LogP contribution in [0.1, 0.15) is 30.9 Å². The molecule has 1 atom stereocenters. The highest BCUT2D eigenvalue weighted by molar-refractivity contribution is 6.30. The quantitative estimate of drug-likeness (QED) is 0.683. The number of hydrogen-bond donors (Lipinski definition) is 3. The van der Waals surface area contributed by atoms with Gasteiger partial charge in [0.05, 0.1) is 5.54 Å². The number of nitrogens with zero attached hydrogens (tertiary/aromatic N) is 1. The van der Waals surface area contributed by atoms with Gasteiger partial charge in [-0.15, -0.1) is 0 Å². The van der Waals surface area contributed by atoms with Gasteiger partial charge in [0.2, 0.25) is 0 Å². The van der Waals surface area contributed by atoms with E-state index in [1.165, 1.54) is 12.1 Å². The van der Waals surface area contributed by atoms with Gasteiger partial charge in [0, 0.05) is 23.2 Å². The number of carbonyl (C=O) groups excluding carboxylic acids is 1. The maximum Gasteiger partial charge on any atom is 0.318 e. The number of amides is 2. The fourth-order valence-electron chi connectivity index (χ4n) is 4.27. The van der Waals surface area contributed by atoms with E-state index in [2.05, 4.69) is 10.6 Å². The predicted octanol–water partition coefficient (Wildman–Crippen LogP) is 4.26. The van der Waals surface area contributed by atoms with Crippen molar-refractivity contribution < 1.29 is 14.3 Å². The van der Waals surface area contributed by atoms with Crippen LogP contribution in [0.4, 0.5) is 9.18 Å². The van der Waals surface area contributed by atoms with Crippen LogP contribution in [0.2, 0.25) is 5.02 Å². The van der Waals surface area contributed by atoms with Crippen LogP contribution in [0.5, 0.6) is 5.75 Å². The van der Waals surface area contributed by atoms with E-state index in [0.29, 0.717) is 16.2 Å². The standard InChI is InChI=1S/C23H25ClFN3O2/c1-23(16-3-2-4-19(29)11-16)13-15(20-12-17(24)5-6-21(20)25)14-28(23)22(30)27-18-7-9-26-10-8-18/h2-6,11-13,18,26,29H,7-10,14H2,1H3,(H,27,30). The van der Waals surface area contributed by atoms with Crippen molar-refractivity contribution in [2.24, 2.45) is 0 Å². The molecule has 5 nitrogen and oxygen atoms in total. The highest BCUT2D eigenvalue weighted by Gasteiger charge is 2.42. The van der Waals surface area contributed by atoms with E-state index in [0.717, 1.165) is 31.5 Å². The van der Waals surface area contributed by atoms with Gasteiger partial charge in [0.1, 0.15) is 11.6 Å². The number of rotatable bonds is 3.